The molecule has 2 aromatic carbocycles. The third kappa shape index (κ3) is 5.27. The van der Waals surface area contributed by atoms with Crippen LogP contribution in [0.25, 0.3) is 11.3 Å². The van der Waals surface area contributed by atoms with Gasteiger partial charge in [0.2, 0.25) is 0 Å². The standard InChI is InChI=1S/C25H25ClF2N4O3/c1-32(22(13-33)15-3-5-19(27)18(26)10-15)25(34)17-4-2-16(11-20(17)28)23-24(29)30-12-21(31-23)14-6-8-35-9-7-14/h2-5,10-12,14,22,33H,6-9,13H2,1H3,(H2,29,30)/t22-/m1/s1. The van der Waals surface area contributed by atoms with Crippen molar-refractivity contribution in [3.63, 3.8) is 0 Å². The van der Waals surface area contributed by atoms with Crippen molar-refractivity contribution < 1.29 is 23.4 Å². The Kier molecular flexibility index (Phi) is 7.59. The van der Waals surface area contributed by atoms with Crippen LogP contribution in [-0.2, 0) is 4.74 Å². The van der Waals surface area contributed by atoms with Crippen molar-refractivity contribution in [1.82, 2.24) is 14.9 Å². The molecule has 3 N–H and O–H groups in total. The summed E-state index contributed by atoms with van der Waals surface area (Å²) in [6, 6.07) is 7.13. The van der Waals surface area contributed by atoms with Gasteiger partial charge in [-0.05, 0) is 42.7 Å². The molecule has 0 spiro atoms. The number of amides is 1. The number of hydrogen-bond donors (Lipinski definition) is 2. The number of aromatic nitrogens is 2. The average molecular weight is 503 g/mol. The maximum Gasteiger partial charge on any atom is 0.257 e. The quantitative estimate of drug-likeness (QED) is 0.519. The molecule has 0 bridgehead atoms. The number of likely N-dealkylation sites (N-methyl/N-ethyl adjacent to an activating group) is 1. The highest BCUT2D eigenvalue weighted by Gasteiger charge is 2.26. The van der Waals surface area contributed by atoms with E-state index in [2.05, 4.69) is 9.97 Å². The van der Waals surface area contributed by atoms with Gasteiger partial charge in [-0.2, -0.15) is 0 Å². The van der Waals surface area contributed by atoms with Gasteiger partial charge >= 0.3 is 0 Å². The van der Waals surface area contributed by atoms with E-state index in [-0.39, 0.29) is 22.3 Å². The van der Waals surface area contributed by atoms with Gasteiger partial charge in [-0.1, -0.05) is 23.7 Å². The lowest BCUT2D eigenvalue weighted by Crippen LogP contribution is -2.33. The molecule has 7 nitrogen and oxygen atoms in total. The van der Waals surface area contributed by atoms with Gasteiger partial charge in [-0.25, -0.2) is 18.7 Å². The van der Waals surface area contributed by atoms with Gasteiger partial charge in [0.05, 0.1) is 35.1 Å². The normalized spacial score (nSPS) is 15.1. The molecule has 1 atom stereocenters. The lowest BCUT2D eigenvalue weighted by Gasteiger charge is -2.27. The minimum Gasteiger partial charge on any atom is -0.394 e. The van der Waals surface area contributed by atoms with Crippen LogP contribution >= 0.6 is 11.6 Å². The minimum atomic E-state index is -0.850. The number of nitrogens with zero attached hydrogens (tertiary/aromatic N) is 3. The Balaban J connectivity index is 1.60. The molecule has 0 saturated carbocycles. The molecular weight excluding hydrogens is 478 g/mol. The monoisotopic (exact) mass is 502 g/mol. The van der Waals surface area contributed by atoms with E-state index in [4.69, 9.17) is 22.1 Å². The Hall–Kier alpha value is -3.14. The number of ether oxygens (including phenoxy) is 1. The summed E-state index contributed by atoms with van der Waals surface area (Å²) in [4.78, 5) is 23.1. The Morgan fingerprint density at radius 2 is 1.97 bits per heavy atom. The fourth-order valence-electron chi connectivity index (χ4n) is 4.15. The highest BCUT2D eigenvalue weighted by atomic mass is 35.5. The second kappa shape index (κ2) is 10.6. The van der Waals surface area contributed by atoms with Crippen LogP contribution in [0.4, 0.5) is 14.6 Å². The van der Waals surface area contributed by atoms with Crippen molar-refractivity contribution >= 4 is 23.3 Å². The summed E-state index contributed by atoms with van der Waals surface area (Å²) in [6.07, 6.45) is 3.27. The van der Waals surface area contributed by atoms with E-state index < -0.39 is 30.2 Å². The third-order valence-electron chi connectivity index (χ3n) is 6.22. The number of anilines is 1. The molecule has 3 aromatic rings. The fraction of sp³-hybridized carbons (Fsp3) is 0.320. The highest BCUT2D eigenvalue weighted by molar-refractivity contribution is 6.30. The van der Waals surface area contributed by atoms with E-state index in [0.29, 0.717) is 30.0 Å². The summed E-state index contributed by atoms with van der Waals surface area (Å²) < 4.78 is 34.1. The van der Waals surface area contributed by atoms with Gasteiger partial charge in [0.1, 0.15) is 23.1 Å². The average Bonchev–Trinajstić information content (AvgIpc) is 2.87. The van der Waals surface area contributed by atoms with Gasteiger partial charge in [0, 0.05) is 31.7 Å². The second-order valence-electron chi connectivity index (χ2n) is 8.40. The van der Waals surface area contributed by atoms with Crippen LogP contribution in [0.15, 0.2) is 42.6 Å². The number of nitrogens with two attached hydrogens (primary N) is 1. The summed E-state index contributed by atoms with van der Waals surface area (Å²) >= 11 is 5.84. The number of carbonyl (C=O) groups excluding carboxylic acids is 1. The zero-order valence-corrected chi connectivity index (χ0v) is 19.8. The first-order valence-electron chi connectivity index (χ1n) is 11.1. The number of rotatable bonds is 6. The second-order valence-corrected chi connectivity index (χ2v) is 8.81. The van der Waals surface area contributed by atoms with Crippen molar-refractivity contribution in [3.05, 3.63) is 76.1 Å². The number of hydrogen-bond acceptors (Lipinski definition) is 6. The van der Waals surface area contributed by atoms with Crippen LogP contribution < -0.4 is 5.73 Å². The van der Waals surface area contributed by atoms with Crippen LogP contribution in [-0.4, -0.2) is 52.7 Å². The summed E-state index contributed by atoms with van der Waals surface area (Å²) in [6.45, 7) is 0.822. The number of halogens is 3. The Bertz CT molecular complexity index is 1240. The summed E-state index contributed by atoms with van der Waals surface area (Å²) in [5.41, 5.74) is 7.75. The predicted octanol–water partition coefficient (Wildman–Crippen LogP) is 4.36. The van der Waals surface area contributed by atoms with Gasteiger partial charge in [0.15, 0.2) is 0 Å². The van der Waals surface area contributed by atoms with Crippen molar-refractivity contribution in [1.29, 1.82) is 0 Å². The SMILES string of the molecule is CN(C(=O)c1ccc(-c2nc(C3CCOCC3)cnc2N)cc1F)[C@H](CO)c1ccc(F)c(Cl)c1. The maximum atomic E-state index is 15.1. The number of carbonyl (C=O) groups is 1. The molecule has 1 fully saturated rings. The molecule has 2 heterocycles. The van der Waals surface area contributed by atoms with Gasteiger partial charge in [-0.3, -0.25) is 4.79 Å². The smallest absolute Gasteiger partial charge is 0.257 e. The summed E-state index contributed by atoms with van der Waals surface area (Å²) in [5, 5.41) is 9.73. The topological polar surface area (TPSA) is 102 Å². The minimum absolute atomic E-state index is 0.140. The Morgan fingerprint density at radius 3 is 2.63 bits per heavy atom. The van der Waals surface area contributed by atoms with Crippen LogP contribution in [0, 0.1) is 11.6 Å². The summed E-state index contributed by atoms with van der Waals surface area (Å²) in [7, 11) is 1.43. The molecule has 4 rings (SSSR count). The molecular formula is C25H25ClF2N4O3. The maximum absolute atomic E-state index is 15.1. The molecule has 0 unspecified atom stereocenters. The zero-order chi connectivity index (χ0) is 25.1. The molecule has 1 amide bonds. The lowest BCUT2D eigenvalue weighted by atomic mass is 9.96. The molecule has 0 radical (unpaired) electrons. The van der Waals surface area contributed by atoms with E-state index in [1.165, 1.54) is 36.2 Å². The van der Waals surface area contributed by atoms with Crippen LogP contribution in [0.5, 0.6) is 0 Å². The number of aliphatic hydroxyl groups excluding tert-OH is 1. The Labute approximate surface area is 206 Å². The molecule has 35 heavy (non-hydrogen) atoms. The van der Waals surface area contributed by atoms with Crippen LogP contribution in [0.2, 0.25) is 5.02 Å². The first-order chi connectivity index (χ1) is 16.8. The Morgan fingerprint density at radius 1 is 1.23 bits per heavy atom. The zero-order valence-electron chi connectivity index (χ0n) is 19.0. The number of benzene rings is 2. The first kappa shape index (κ1) is 25.0. The lowest BCUT2D eigenvalue weighted by molar-refractivity contribution is 0.0654. The third-order valence-corrected chi connectivity index (χ3v) is 6.51. The highest BCUT2D eigenvalue weighted by Crippen LogP contribution is 2.31. The molecule has 1 saturated heterocycles. The van der Waals surface area contributed by atoms with Crippen molar-refractivity contribution in [2.24, 2.45) is 0 Å². The van der Waals surface area contributed by atoms with E-state index >= 15 is 4.39 Å². The van der Waals surface area contributed by atoms with E-state index in [9.17, 15) is 14.3 Å². The van der Waals surface area contributed by atoms with Gasteiger partial charge < -0.3 is 20.5 Å². The van der Waals surface area contributed by atoms with E-state index in [0.717, 1.165) is 24.6 Å². The van der Waals surface area contributed by atoms with Gasteiger partial charge in [-0.15, -0.1) is 0 Å². The summed E-state index contributed by atoms with van der Waals surface area (Å²) in [5.74, 6) is -1.71. The van der Waals surface area contributed by atoms with E-state index in [1.807, 2.05) is 0 Å². The molecule has 1 aliphatic rings. The fourth-order valence-corrected chi connectivity index (χ4v) is 4.34. The van der Waals surface area contributed by atoms with Crippen LogP contribution in [0.3, 0.4) is 0 Å². The number of aliphatic hydroxyl groups is 1. The van der Waals surface area contributed by atoms with E-state index in [1.54, 1.807) is 12.3 Å². The van der Waals surface area contributed by atoms with Gasteiger partial charge in [0.25, 0.3) is 5.91 Å². The van der Waals surface area contributed by atoms with Crippen molar-refractivity contribution in [3.8, 4) is 11.3 Å². The molecule has 184 valence electrons. The number of nitrogen functional groups attached to an aromatic ring is 1. The molecule has 1 aromatic heterocycles. The molecule has 1 aliphatic heterocycles. The van der Waals surface area contributed by atoms with Crippen molar-refractivity contribution in [2.45, 2.75) is 24.8 Å². The van der Waals surface area contributed by atoms with Crippen molar-refractivity contribution in [2.75, 3.05) is 32.6 Å². The molecule has 0 aliphatic carbocycles. The molecule has 10 heteroatoms. The van der Waals surface area contributed by atoms with Crippen LogP contribution in [0.1, 0.15) is 46.4 Å². The predicted molar refractivity (Wildman–Crippen MR) is 128 cm³/mol. The largest absolute Gasteiger partial charge is 0.394 e. The first-order valence-corrected chi connectivity index (χ1v) is 11.5.